The van der Waals surface area contributed by atoms with E-state index in [9.17, 15) is 0 Å². The van der Waals surface area contributed by atoms with Gasteiger partial charge in [0.25, 0.3) is 0 Å². The first-order valence-corrected chi connectivity index (χ1v) is 5.13. The summed E-state index contributed by atoms with van der Waals surface area (Å²) in [6, 6.07) is 5.59. The Bertz CT molecular complexity index is 317. The van der Waals surface area contributed by atoms with E-state index in [0.717, 1.165) is 11.3 Å². The number of nitrogens with two attached hydrogens (primary N) is 1. The largest absolute Gasteiger partial charge is 0.497 e. The minimum Gasteiger partial charge on any atom is -0.497 e. The summed E-state index contributed by atoms with van der Waals surface area (Å²) in [4.78, 5) is 0. The van der Waals surface area contributed by atoms with Crippen molar-refractivity contribution >= 4 is 11.6 Å². The van der Waals surface area contributed by atoms with Crippen LogP contribution in [0, 0.1) is 0 Å². The lowest BCUT2D eigenvalue weighted by molar-refractivity contribution is 0.181. The van der Waals surface area contributed by atoms with E-state index in [1.165, 1.54) is 0 Å². The Balaban J connectivity index is 2.92. The maximum Gasteiger partial charge on any atom is 0.120 e. The van der Waals surface area contributed by atoms with Crippen LogP contribution >= 0.6 is 11.6 Å². The van der Waals surface area contributed by atoms with Crippen molar-refractivity contribution < 1.29 is 9.47 Å². The van der Waals surface area contributed by atoms with Crippen LogP contribution in [0.4, 0.5) is 0 Å². The van der Waals surface area contributed by atoms with Crippen LogP contribution in [0.25, 0.3) is 0 Å². The Labute approximate surface area is 95.1 Å². The Morgan fingerprint density at radius 2 is 2.13 bits per heavy atom. The molecule has 15 heavy (non-hydrogen) atoms. The molecule has 0 bridgehead atoms. The van der Waals surface area contributed by atoms with Gasteiger partial charge in [0.05, 0.1) is 13.7 Å². The molecule has 2 N–H and O–H groups in total. The summed E-state index contributed by atoms with van der Waals surface area (Å²) in [6.45, 7) is 1.09. The average Bonchev–Trinajstić information content (AvgIpc) is 2.26. The molecule has 0 aromatic heterocycles. The van der Waals surface area contributed by atoms with Crippen molar-refractivity contribution in [3.8, 4) is 5.75 Å². The van der Waals surface area contributed by atoms with Gasteiger partial charge in [-0.25, -0.2) is 0 Å². The zero-order valence-corrected chi connectivity index (χ0v) is 9.75. The van der Waals surface area contributed by atoms with Crippen molar-refractivity contribution in [3.05, 3.63) is 28.8 Å². The van der Waals surface area contributed by atoms with E-state index >= 15 is 0 Å². The summed E-state index contributed by atoms with van der Waals surface area (Å²) in [5, 5.41) is 0.668. The Morgan fingerprint density at radius 3 is 2.60 bits per heavy atom. The topological polar surface area (TPSA) is 44.5 Å². The molecule has 1 rings (SSSR count). The maximum atomic E-state index is 6.13. The highest BCUT2D eigenvalue weighted by atomic mass is 35.5. The van der Waals surface area contributed by atoms with E-state index in [-0.39, 0.29) is 5.92 Å². The lowest BCUT2D eigenvalue weighted by atomic mass is 10.00. The van der Waals surface area contributed by atoms with Gasteiger partial charge >= 0.3 is 0 Å². The molecule has 0 fully saturated rings. The molecule has 3 nitrogen and oxygen atoms in total. The van der Waals surface area contributed by atoms with Gasteiger partial charge in [-0.2, -0.15) is 0 Å². The Hall–Kier alpha value is -0.770. The number of ether oxygens (including phenoxy) is 2. The first-order valence-electron chi connectivity index (χ1n) is 4.75. The molecule has 0 amide bonds. The molecule has 1 aromatic rings. The van der Waals surface area contributed by atoms with E-state index < -0.39 is 0 Å². The van der Waals surface area contributed by atoms with Gasteiger partial charge < -0.3 is 15.2 Å². The molecule has 0 spiro atoms. The van der Waals surface area contributed by atoms with Crippen LogP contribution in [-0.2, 0) is 4.74 Å². The summed E-state index contributed by atoms with van der Waals surface area (Å²) < 4.78 is 10.2. The summed E-state index contributed by atoms with van der Waals surface area (Å²) in [5.74, 6) is 0.880. The molecule has 1 aromatic carbocycles. The standard InChI is InChI=1S/C11H16ClNO2/c1-14-7-8(6-13)10-4-3-9(15-2)5-11(10)12/h3-5,8H,6-7,13H2,1-2H3. The van der Waals surface area contributed by atoms with Gasteiger partial charge in [0, 0.05) is 24.6 Å². The first kappa shape index (κ1) is 12.3. The quantitative estimate of drug-likeness (QED) is 0.841. The fourth-order valence-corrected chi connectivity index (χ4v) is 1.78. The highest BCUT2D eigenvalue weighted by Gasteiger charge is 2.13. The molecule has 0 aliphatic rings. The SMILES string of the molecule is COCC(CN)c1ccc(OC)cc1Cl. The predicted molar refractivity (Wildman–Crippen MR) is 61.7 cm³/mol. The van der Waals surface area contributed by atoms with Gasteiger partial charge in [0.2, 0.25) is 0 Å². The summed E-state index contributed by atoms with van der Waals surface area (Å²) in [5.41, 5.74) is 6.66. The number of halogens is 1. The van der Waals surface area contributed by atoms with E-state index in [1.807, 2.05) is 12.1 Å². The van der Waals surface area contributed by atoms with Crippen molar-refractivity contribution in [2.75, 3.05) is 27.4 Å². The third-order valence-electron chi connectivity index (χ3n) is 2.30. The normalized spacial score (nSPS) is 12.5. The lowest BCUT2D eigenvalue weighted by Crippen LogP contribution is -2.17. The van der Waals surface area contributed by atoms with Crippen molar-refractivity contribution in [2.45, 2.75) is 5.92 Å². The second kappa shape index (κ2) is 5.95. The zero-order chi connectivity index (χ0) is 11.3. The number of rotatable bonds is 5. The van der Waals surface area contributed by atoms with Gasteiger partial charge in [-0.15, -0.1) is 0 Å². The lowest BCUT2D eigenvalue weighted by Gasteiger charge is -2.16. The molecule has 0 heterocycles. The molecule has 0 saturated heterocycles. The van der Waals surface area contributed by atoms with Crippen LogP contribution in [0.15, 0.2) is 18.2 Å². The van der Waals surface area contributed by atoms with E-state index in [4.69, 9.17) is 26.8 Å². The smallest absolute Gasteiger partial charge is 0.120 e. The number of benzene rings is 1. The number of hydrogen-bond donors (Lipinski definition) is 1. The number of methoxy groups -OCH3 is 2. The van der Waals surface area contributed by atoms with Crippen LogP contribution in [0.2, 0.25) is 5.02 Å². The van der Waals surface area contributed by atoms with E-state index in [0.29, 0.717) is 18.2 Å². The molecule has 4 heteroatoms. The van der Waals surface area contributed by atoms with Crippen molar-refractivity contribution in [1.82, 2.24) is 0 Å². The van der Waals surface area contributed by atoms with Crippen LogP contribution in [0.5, 0.6) is 5.75 Å². The number of hydrogen-bond acceptors (Lipinski definition) is 3. The zero-order valence-electron chi connectivity index (χ0n) is 9.00. The van der Waals surface area contributed by atoms with Crippen molar-refractivity contribution in [1.29, 1.82) is 0 Å². The monoisotopic (exact) mass is 229 g/mol. The van der Waals surface area contributed by atoms with E-state index in [2.05, 4.69) is 0 Å². The van der Waals surface area contributed by atoms with E-state index in [1.54, 1.807) is 20.3 Å². The van der Waals surface area contributed by atoms with Crippen molar-refractivity contribution in [3.63, 3.8) is 0 Å². The van der Waals surface area contributed by atoms with Gasteiger partial charge in [0.1, 0.15) is 5.75 Å². The molecule has 0 aliphatic heterocycles. The highest BCUT2D eigenvalue weighted by Crippen LogP contribution is 2.28. The van der Waals surface area contributed by atoms with Crippen LogP contribution in [-0.4, -0.2) is 27.4 Å². The fourth-order valence-electron chi connectivity index (χ4n) is 1.45. The van der Waals surface area contributed by atoms with Gasteiger partial charge in [-0.3, -0.25) is 0 Å². The first-order chi connectivity index (χ1) is 7.22. The van der Waals surface area contributed by atoms with Gasteiger partial charge in [-0.1, -0.05) is 17.7 Å². The summed E-state index contributed by atoms with van der Waals surface area (Å²) >= 11 is 6.13. The Morgan fingerprint density at radius 1 is 1.40 bits per heavy atom. The van der Waals surface area contributed by atoms with Crippen LogP contribution in [0.1, 0.15) is 11.5 Å². The van der Waals surface area contributed by atoms with Crippen LogP contribution < -0.4 is 10.5 Å². The minimum atomic E-state index is 0.133. The molecule has 0 aliphatic carbocycles. The molecule has 1 atom stereocenters. The molecular weight excluding hydrogens is 214 g/mol. The second-order valence-corrected chi connectivity index (χ2v) is 3.68. The van der Waals surface area contributed by atoms with Crippen molar-refractivity contribution in [2.24, 2.45) is 5.73 Å². The maximum absolute atomic E-state index is 6.13. The fraction of sp³-hybridized carbons (Fsp3) is 0.455. The van der Waals surface area contributed by atoms with Gasteiger partial charge in [-0.05, 0) is 17.7 Å². The average molecular weight is 230 g/mol. The summed E-state index contributed by atoms with van der Waals surface area (Å²) in [6.07, 6.45) is 0. The molecule has 0 radical (unpaired) electrons. The molecule has 0 saturated carbocycles. The molecular formula is C11H16ClNO2. The highest BCUT2D eigenvalue weighted by molar-refractivity contribution is 6.31. The predicted octanol–water partition coefficient (Wildman–Crippen LogP) is 2.04. The molecule has 1 unspecified atom stereocenters. The summed E-state index contributed by atoms with van der Waals surface area (Å²) in [7, 11) is 3.26. The molecule has 84 valence electrons. The van der Waals surface area contributed by atoms with Crippen LogP contribution in [0.3, 0.4) is 0 Å². The third kappa shape index (κ3) is 3.09. The minimum absolute atomic E-state index is 0.133. The second-order valence-electron chi connectivity index (χ2n) is 3.28. The van der Waals surface area contributed by atoms with Gasteiger partial charge in [0.15, 0.2) is 0 Å². The Kier molecular flexibility index (Phi) is 4.88. The third-order valence-corrected chi connectivity index (χ3v) is 2.63.